The number of carbonyl (C=O) groups is 4. The van der Waals surface area contributed by atoms with Crippen molar-refractivity contribution in [1.29, 1.82) is 0 Å². The van der Waals surface area contributed by atoms with Gasteiger partial charge in [-0.3, -0.25) is 9.59 Å². The van der Waals surface area contributed by atoms with Crippen LogP contribution >= 0.6 is 11.3 Å². The molecule has 0 aliphatic carbocycles. The van der Waals surface area contributed by atoms with Crippen molar-refractivity contribution in [3.05, 3.63) is 45.8 Å². The minimum Gasteiger partial charge on any atom is -0.462 e. The molecule has 0 aliphatic heterocycles. The van der Waals surface area contributed by atoms with Gasteiger partial charge in [0.25, 0.3) is 5.91 Å². The van der Waals surface area contributed by atoms with Gasteiger partial charge in [-0.1, -0.05) is 6.07 Å². The number of amides is 2. The number of hydrogen-bond donors (Lipinski definition) is 2. The van der Waals surface area contributed by atoms with Crippen LogP contribution in [0.2, 0.25) is 0 Å². The fraction of sp³-hybridized carbons (Fsp3) is 0.333. The van der Waals surface area contributed by atoms with Crippen LogP contribution in [0.5, 0.6) is 0 Å². The van der Waals surface area contributed by atoms with Gasteiger partial charge in [0, 0.05) is 18.2 Å². The second-order valence-electron chi connectivity index (χ2n) is 6.65. The highest BCUT2D eigenvalue weighted by molar-refractivity contribution is 7.18. The lowest BCUT2D eigenvalue weighted by Crippen LogP contribution is -2.15. The number of anilines is 2. The number of rotatable bonds is 7. The van der Waals surface area contributed by atoms with Crippen molar-refractivity contribution in [2.45, 2.75) is 40.7 Å². The van der Waals surface area contributed by atoms with E-state index in [1.807, 2.05) is 0 Å². The Morgan fingerprint density at radius 3 is 2.40 bits per heavy atom. The molecule has 2 N–H and O–H groups in total. The van der Waals surface area contributed by atoms with Crippen molar-refractivity contribution < 1.29 is 28.7 Å². The molecule has 1 aromatic carbocycles. The van der Waals surface area contributed by atoms with E-state index in [1.165, 1.54) is 13.0 Å². The highest BCUT2D eigenvalue weighted by atomic mass is 32.1. The van der Waals surface area contributed by atoms with Gasteiger partial charge in [-0.25, -0.2) is 9.59 Å². The Bertz CT molecular complexity index is 980. The van der Waals surface area contributed by atoms with Gasteiger partial charge in [0.15, 0.2) is 0 Å². The molecule has 1 heterocycles. The van der Waals surface area contributed by atoms with Crippen molar-refractivity contribution in [2.75, 3.05) is 17.2 Å². The predicted octanol–water partition coefficient (Wildman–Crippen LogP) is 4.01. The molecular formula is C21H24N2O6S. The Hall–Kier alpha value is -3.20. The summed E-state index contributed by atoms with van der Waals surface area (Å²) in [6, 6.07) is 6.35. The summed E-state index contributed by atoms with van der Waals surface area (Å²) in [6.45, 7) is 8.22. The van der Waals surface area contributed by atoms with Crippen LogP contribution in [-0.2, 0) is 14.3 Å². The Kier molecular flexibility index (Phi) is 7.71. The molecule has 0 spiro atoms. The van der Waals surface area contributed by atoms with E-state index in [0.29, 0.717) is 11.3 Å². The van der Waals surface area contributed by atoms with Crippen LogP contribution in [0, 0.1) is 6.92 Å². The molecule has 1 aromatic heterocycles. The molecule has 2 amide bonds. The lowest BCUT2D eigenvalue weighted by Gasteiger charge is -2.08. The zero-order chi connectivity index (χ0) is 22.4. The maximum absolute atomic E-state index is 12.8. The van der Waals surface area contributed by atoms with Gasteiger partial charge in [0.1, 0.15) is 9.88 Å². The molecule has 2 aromatic rings. The van der Waals surface area contributed by atoms with Crippen LogP contribution < -0.4 is 10.6 Å². The van der Waals surface area contributed by atoms with E-state index in [9.17, 15) is 19.2 Å². The Labute approximate surface area is 178 Å². The van der Waals surface area contributed by atoms with E-state index in [1.54, 1.807) is 45.9 Å². The summed E-state index contributed by atoms with van der Waals surface area (Å²) in [5, 5.41) is 5.47. The van der Waals surface area contributed by atoms with Gasteiger partial charge in [-0.05, 0) is 51.5 Å². The van der Waals surface area contributed by atoms with Crippen LogP contribution in [0.3, 0.4) is 0 Å². The average Bonchev–Trinajstić information content (AvgIpc) is 2.97. The second-order valence-corrected chi connectivity index (χ2v) is 7.67. The topological polar surface area (TPSA) is 111 Å². The Morgan fingerprint density at radius 2 is 1.80 bits per heavy atom. The second kappa shape index (κ2) is 10.0. The minimum absolute atomic E-state index is 0.115. The number of hydrogen-bond acceptors (Lipinski definition) is 7. The maximum atomic E-state index is 12.8. The Morgan fingerprint density at radius 1 is 1.10 bits per heavy atom. The first-order valence-corrected chi connectivity index (χ1v) is 10.2. The van der Waals surface area contributed by atoms with Gasteiger partial charge in [-0.2, -0.15) is 0 Å². The van der Waals surface area contributed by atoms with E-state index >= 15 is 0 Å². The molecule has 160 valence electrons. The van der Waals surface area contributed by atoms with E-state index in [4.69, 9.17) is 9.47 Å². The molecule has 0 aliphatic rings. The molecule has 0 atom stereocenters. The highest BCUT2D eigenvalue weighted by Gasteiger charge is 2.28. The minimum atomic E-state index is -0.642. The smallest absolute Gasteiger partial charge is 0.348 e. The molecule has 0 unspecified atom stereocenters. The molecule has 0 radical (unpaired) electrons. The molecule has 8 nitrogen and oxygen atoms in total. The highest BCUT2D eigenvalue weighted by Crippen LogP contribution is 2.35. The first-order valence-electron chi connectivity index (χ1n) is 9.34. The summed E-state index contributed by atoms with van der Waals surface area (Å²) in [6.07, 6.45) is -0.334. The van der Waals surface area contributed by atoms with Crippen molar-refractivity contribution >= 4 is 45.8 Å². The lowest BCUT2D eigenvalue weighted by molar-refractivity contribution is -0.114. The molecular weight excluding hydrogens is 408 g/mol. The number of nitrogens with one attached hydrogen (secondary N) is 2. The Balaban J connectivity index is 2.39. The van der Waals surface area contributed by atoms with E-state index < -0.39 is 17.8 Å². The van der Waals surface area contributed by atoms with Gasteiger partial charge < -0.3 is 20.1 Å². The third-order valence-electron chi connectivity index (χ3n) is 3.83. The van der Waals surface area contributed by atoms with Crippen LogP contribution in [0.25, 0.3) is 0 Å². The fourth-order valence-electron chi connectivity index (χ4n) is 2.63. The summed E-state index contributed by atoms with van der Waals surface area (Å²) < 4.78 is 10.3. The monoisotopic (exact) mass is 432 g/mol. The largest absolute Gasteiger partial charge is 0.462 e. The SMILES string of the molecule is CCOC(=O)c1c(NC(=O)c2cccc(NC(C)=O)c2)sc(C(=O)OC(C)C)c1C. The first-order chi connectivity index (χ1) is 14.1. The standard InChI is InChI=1S/C21H24N2O6S/c1-6-28-20(26)16-12(4)17(21(27)29-11(2)3)30-19(16)23-18(25)14-8-7-9-15(10-14)22-13(5)24/h7-11H,6H2,1-5H3,(H,22,24)(H,23,25). The summed E-state index contributed by atoms with van der Waals surface area (Å²) in [4.78, 5) is 49.1. The van der Waals surface area contributed by atoms with Crippen LogP contribution in [-0.4, -0.2) is 36.5 Å². The number of thiophene rings is 1. The van der Waals surface area contributed by atoms with Crippen LogP contribution in [0.15, 0.2) is 24.3 Å². The van der Waals surface area contributed by atoms with E-state index in [-0.39, 0.29) is 39.6 Å². The number of benzene rings is 1. The molecule has 0 bridgehead atoms. The third-order valence-corrected chi connectivity index (χ3v) is 5.01. The average molecular weight is 432 g/mol. The van der Waals surface area contributed by atoms with Gasteiger partial charge >= 0.3 is 11.9 Å². The van der Waals surface area contributed by atoms with Crippen molar-refractivity contribution in [1.82, 2.24) is 0 Å². The maximum Gasteiger partial charge on any atom is 0.348 e. The number of ether oxygens (including phenoxy) is 2. The van der Waals surface area contributed by atoms with E-state index in [2.05, 4.69) is 10.6 Å². The van der Waals surface area contributed by atoms with E-state index in [0.717, 1.165) is 11.3 Å². The lowest BCUT2D eigenvalue weighted by atomic mass is 10.1. The van der Waals surface area contributed by atoms with Crippen LogP contribution in [0.1, 0.15) is 63.6 Å². The predicted molar refractivity (Wildman–Crippen MR) is 114 cm³/mol. The number of carbonyl (C=O) groups excluding carboxylic acids is 4. The summed E-state index contributed by atoms with van der Waals surface area (Å²) in [5.41, 5.74) is 1.23. The molecule has 2 rings (SSSR count). The van der Waals surface area contributed by atoms with Gasteiger partial charge in [0.05, 0.1) is 18.3 Å². The molecule has 0 fully saturated rings. The first kappa shape index (κ1) is 23.1. The quantitative estimate of drug-likeness (QED) is 0.640. The zero-order valence-corrected chi connectivity index (χ0v) is 18.3. The summed E-state index contributed by atoms with van der Waals surface area (Å²) >= 11 is 0.951. The van der Waals surface area contributed by atoms with Gasteiger partial charge in [-0.15, -0.1) is 11.3 Å². The molecule has 0 saturated heterocycles. The molecule has 30 heavy (non-hydrogen) atoms. The van der Waals surface area contributed by atoms with Crippen molar-refractivity contribution in [2.24, 2.45) is 0 Å². The normalized spacial score (nSPS) is 10.5. The zero-order valence-electron chi connectivity index (χ0n) is 17.5. The van der Waals surface area contributed by atoms with Crippen LogP contribution in [0.4, 0.5) is 10.7 Å². The fourth-order valence-corrected chi connectivity index (χ4v) is 3.70. The molecule has 9 heteroatoms. The summed E-state index contributed by atoms with van der Waals surface area (Å²) in [5.74, 6) is -1.99. The number of esters is 2. The van der Waals surface area contributed by atoms with Crippen molar-refractivity contribution in [3.8, 4) is 0 Å². The van der Waals surface area contributed by atoms with Gasteiger partial charge in [0.2, 0.25) is 5.91 Å². The molecule has 0 saturated carbocycles. The third kappa shape index (κ3) is 5.66. The summed E-state index contributed by atoms with van der Waals surface area (Å²) in [7, 11) is 0. The van der Waals surface area contributed by atoms with Crippen molar-refractivity contribution in [3.63, 3.8) is 0 Å².